The van der Waals surface area contributed by atoms with E-state index in [0.29, 0.717) is 5.56 Å². The molecule has 0 radical (unpaired) electrons. The highest BCUT2D eigenvalue weighted by Gasteiger charge is 2.34. The van der Waals surface area contributed by atoms with Crippen molar-refractivity contribution in [1.29, 1.82) is 0 Å². The molecular formula is C21H20F4N4O2. The molecule has 1 aliphatic carbocycles. The fourth-order valence-corrected chi connectivity index (χ4v) is 3.61. The third-order valence-corrected chi connectivity index (χ3v) is 5.52. The first-order valence-electron chi connectivity index (χ1n) is 9.78. The van der Waals surface area contributed by atoms with Gasteiger partial charge in [-0.1, -0.05) is 12.1 Å². The number of amides is 1. The summed E-state index contributed by atoms with van der Waals surface area (Å²) in [5.74, 6) is -0.961. The van der Waals surface area contributed by atoms with E-state index in [1.165, 1.54) is 31.2 Å². The third kappa shape index (κ3) is 4.25. The maximum atomic E-state index is 13.1. The van der Waals surface area contributed by atoms with Crippen LogP contribution in [0.5, 0.6) is 0 Å². The second kappa shape index (κ2) is 7.60. The lowest BCUT2D eigenvalue weighted by Gasteiger charge is -2.29. The Labute approximate surface area is 174 Å². The molecule has 2 N–H and O–H groups in total. The summed E-state index contributed by atoms with van der Waals surface area (Å²) >= 11 is 0. The predicted octanol–water partition coefficient (Wildman–Crippen LogP) is 4.55. The molecule has 1 aromatic carbocycles. The number of pyridine rings is 1. The van der Waals surface area contributed by atoms with Crippen molar-refractivity contribution in [1.82, 2.24) is 14.5 Å². The Hall–Kier alpha value is -3.01. The zero-order chi connectivity index (χ0) is 22.4. The number of hydrogen-bond acceptors (Lipinski definition) is 4. The monoisotopic (exact) mass is 436 g/mol. The van der Waals surface area contributed by atoms with Gasteiger partial charge in [0.2, 0.25) is 11.9 Å². The fraction of sp³-hybridized carbons (Fsp3) is 0.381. The van der Waals surface area contributed by atoms with Gasteiger partial charge in [0.15, 0.2) is 5.65 Å². The first kappa shape index (κ1) is 21.2. The van der Waals surface area contributed by atoms with Crippen LogP contribution in [0.25, 0.3) is 11.2 Å². The minimum Gasteiger partial charge on any atom is -0.385 e. The summed E-state index contributed by atoms with van der Waals surface area (Å²) in [5.41, 5.74) is -1.85. The van der Waals surface area contributed by atoms with Crippen LogP contribution in [-0.4, -0.2) is 25.5 Å². The van der Waals surface area contributed by atoms with Crippen molar-refractivity contribution in [3.8, 4) is 0 Å². The minimum absolute atomic E-state index is 0.0258. The van der Waals surface area contributed by atoms with Crippen molar-refractivity contribution >= 4 is 23.0 Å². The van der Waals surface area contributed by atoms with E-state index in [9.17, 15) is 27.5 Å². The van der Waals surface area contributed by atoms with Crippen LogP contribution in [0.15, 0.2) is 36.5 Å². The Kier molecular flexibility index (Phi) is 5.20. The van der Waals surface area contributed by atoms with E-state index in [-0.39, 0.29) is 29.6 Å². The van der Waals surface area contributed by atoms with Gasteiger partial charge in [0.25, 0.3) is 0 Å². The Bertz CT molecular complexity index is 1120. The van der Waals surface area contributed by atoms with Crippen LogP contribution in [0.3, 0.4) is 0 Å². The van der Waals surface area contributed by atoms with E-state index in [2.05, 4.69) is 15.3 Å². The zero-order valence-corrected chi connectivity index (χ0v) is 16.6. The van der Waals surface area contributed by atoms with Crippen molar-refractivity contribution in [2.75, 3.05) is 5.32 Å². The molecule has 0 aliphatic heterocycles. The average molecular weight is 436 g/mol. The lowest BCUT2D eigenvalue weighted by molar-refractivity contribution is -0.137. The number of carbonyl (C=O) groups excluding carboxylic acids is 1. The van der Waals surface area contributed by atoms with Gasteiger partial charge in [0.1, 0.15) is 11.3 Å². The topological polar surface area (TPSA) is 80.0 Å². The number of benzene rings is 1. The molecule has 1 aliphatic rings. The van der Waals surface area contributed by atoms with E-state index < -0.39 is 29.1 Å². The minimum atomic E-state index is -4.56. The van der Waals surface area contributed by atoms with Gasteiger partial charge in [-0.15, -0.1) is 0 Å². The molecule has 1 amide bonds. The molecule has 4 rings (SSSR count). The summed E-state index contributed by atoms with van der Waals surface area (Å²) < 4.78 is 53.9. The Morgan fingerprint density at radius 2 is 1.90 bits per heavy atom. The number of anilines is 1. The van der Waals surface area contributed by atoms with Gasteiger partial charge in [-0.25, -0.2) is 14.4 Å². The maximum absolute atomic E-state index is 13.1. The van der Waals surface area contributed by atoms with Gasteiger partial charge in [0.05, 0.1) is 17.6 Å². The summed E-state index contributed by atoms with van der Waals surface area (Å²) in [7, 11) is 0. The number of nitrogens with zero attached hydrogens (tertiary/aromatic N) is 3. The van der Waals surface area contributed by atoms with Gasteiger partial charge in [-0.3, -0.25) is 14.7 Å². The van der Waals surface area contributed by atoms with Gasteiger partial charge in [-0.05, 0) is 49.9 Å². The second-order valence-corrected chi connectivity index (χ2v) is 7.96. The fourth-order valence-electron chi connectivity index (χ4n) is 3.61. The Morgan fingerprint density at radius 3 is 2.48 bits per heavy atom. The smallest absolute Gasteiger partial charge is 0.385 e. The molecule has 10 heteroatoms. The van der Waals surface area contributed by atoms with E-state index in [0.717, 1.165) is 31.5 Å². The average Bonchev–Trinajstić information content (AvgIpc) is 2.96. The largest absolute Gasteiger partial charge is 0.417 e. The molecule has 1 saturated carbocycles. The first-order valence-corrected chi connectivity index (χ1v) is 9.78. The standard InChI is InChI=1S/C21H20F4N4O2/c1-20(31,12-5-7-14(22)8-6-12)10-17(30)28-19-27-16-9-13(21(23,24)25)11-26-18(16)29(19)15-3-2-4-15/h5-9,11,15,31H,2-4,10H2,1H3,(H,27,28,30). The molecule has 0 spiro atoms. The summed E-state index contributed by atoms with van der Waals surface area (Å²) in [5, 5.41) is 13.3. The van der Waals surface area contributed by atoms with Crippen molar-refractivity contribution in [3.05, 3.63) is 53.5 Å². The van der Waals surface area contributed by atoms with Crippen molar-refractivity contribution in [2.24, 2.45) is 0 Å². The van der Waals surface area contributed by atoms with Gasteiger partial charge in [-0.2, -0.15) is 13.2 Å². The molecule has 1 unspecified atom stereocenters. The van der Waals surface area contributed by atoms with Crippen LogP contribution in [0, 0.1) is 5.82 Å². The third-order valence-electron chi connectivity index (χ3n) is 5.52. The summed E-state index contributed by atoms with van der Waals surface area (Å²) in [6, 6.07) is 6.01. The Balaban J connectivity index is 1.62. The molecule has 2 aromatic heterocycles. The normalized spacial score (nSPS) is 16.7. The van der Waals surface area contributed by atoms with E-state index in [4.69, 9.17) is 0 Å². The van der Waals surface area contributed by atoms with Crippen LogP contribution in [0.2, 0.25) is 0 Å². The highest BCUT2D eigenvalue weighted by molar-refractivity contribution is 5.91. The molecule has 31 heavy (non-hydrogen) atoms. The number of fused-ring (bicyclic) bond motifs is 1. The number of hydrogen-bond donors (Lipinski definition) is 2. The van der Waals surface area contributed by atoms with Crippen molar-refractivity contribution in [2.45, 2.75) is 50.4 Å². The van der Waals surface area contributed by atoms with Crippen LogP contribution < -0.4 is 5.32 Å². The highest BCUT2D eigenvalue weighted by Crippen LogP contribution is 2.38. The zero-order valence-electron chi connectivity index (χ0n) is 16.6. The number of imidazole rings is 1. The number of aromatic nitrogens is 3. The molecule has 2 heterocycles. The van der Waals surface area contributed by atoms with E-state index in [1.54, 1.807) is 4.57 Å². The van der Waals surface area contributed by atoms with Crippen LogP contribution in [-0.2, 0) is 16.6 Å². The predicted molar refractivity (Wildman–Crippen MR) is 105 cm³/mol. The highest BCUT2D eigenvalue weighted by atomic mass is 19.4. The quantitative estimate of drug-likeness (QED) is 0.575. The maximum Gasteiger partial charge on any atom is 0.417 e. The van der Waals surface area contributed by atoms with Crippen molar-refractivity contribution < 1.29 is 27.5 Å². The molecule has 0 saturated heterocycles. The van der Waals surface area contributed by atoms with Crippen LogP contribution in [0.4, 0.5) is 23.5 Å². The summed E-state index contributed by atoms with van der Waals surface area (Å²) in [4.78, 5) is 20.8. The van der Waals surface area contributed by atoms with Crippen LogP contribution >= 0.6 is 0 Å². The lowest BCUT2D eigenvalue weighted by Crippen LogP contribution is -2.30. The Morgan fingerprint density at radius 1 is 1.23 bits per heavy atom. The second-order valence-electron chi connectivity index (χ2n) is 7.96. The number of nitrogens with one attached hydrogen (secondary N) is 1. The SMILES string of the molecule is CC(O)(CC(=O)Nc1nc2cc(C(F)(F)F)cnc2n1C1CCC1)c1ccc(F)cc1. The molecule has 0 bridgehead atoms. The molecular weight excluding hydrogens is 416 g/mol. The summed E-state index contributed by atoms with van der Waals surface area (Å²) in [6.07, 6.45) is -1.61. The van der Waals surface area contributed by atoms with E-state index >= 15 is 0 Å². The molecule has 1 atom stereocenters. The molecule has 164 valence electrons. The number of carbonyl (C=O) groups is 1. The summed E-state index contributed by atoms with van der Waals surface area (Å²) in [6.45, 7) is 1.42. The van der Waals surface area contributed by atoms with Gasteiger partial charge in [0, 0.05) is 12.2 Å². The van der Waals surface area contributed by atoms with Gasteiger partial charge < -0.3 is 5.11 Å². The van der Waals surface area contributed by atoms with Crippen LogP contribution in [0.1, 0.15) is 49.8 Å². The van der Waals surface area contributed by atoms with Gasteiger partial charge >= 0.3 is 6.18 Å². The first-order chi connectivity index (χ1) is 14.5. The lowest BCUT2D eigenvalue weighted by atomic mass is 9.92. The number of halogens is 4. The molecule has 1 fully saturated rings. The molecule has 6 nitrogen and oxygen atoms in total. The number of aliphatic hydroxyl groups is 1. The molecule has 3 aromatic rings. The van der Waals surface area contributed by atoms with Crippen molar-refractivity contribution in [3.63, 3.8) is 0 Å². The van der Waals surface area contributed by atoms with E-state index in [1.807, 2.05) is 0 Å². The number of rotatable bonds is 5. The number of alkyl halides is 3.